The Labute approximate surface area is 101 Å². The summed E-state index contributed by atoms with van der Waals surface area (Å²) < 4.78 is 7.63. The second-order valence-electron chi connectivity index (χ2n) is 3.82. The van der Waals surface area contributed by atoms with Gasteiger partial charge in [-0.2, -0.15) is 5.10 Å². The van der Waals surface area contributed by atoms with Gasteiger partial charge >= 0.3 is 5.97 Å². The van der Waals surface area contributed by atoms with Crippen LogP contribution in [0.1, 0.15) is 15.2 Å². The van der Waals surface area contributed by atoms with E-state index in [9.17, 15) is 4.79 Å². The van der Waals surface area contributed by atoms with Crippen LogP contribution in [0.15, 0.2) is 24.5 Å². The van der Waals surface area contributed by atoms with E-state index in [2.05, 4.69) is 5.10 Å². The molecule has 0 spiro atoms. The van der Waals surface area contributed by atoms with Crippen molar-refractivity contribution in [2.24, 2.45) is 0 Å². The number of hydrogen-bond acceptors (Lipinski definition) is 4. The summed E-state index contributed by atoms with van der Waals surface area (Å²) in [6.07, 6.45) is 3.73. The van der Waals surface area contributed by atoms with Gasteiger partial charge in [-0.15, -0.1) is 11.3 Å². The summed E-state index contributed by atoms with van der Waals surface area (Å²) in [5.74, 6) is -0.290. The van der Waals surface area contributed by atoms with Gasteiger partial charge in [0.15, 0.2) is 0 Å². The molecular formula is C12H10N2O2S. The Morgan fingerprint density at radius 3 is 3.12 bits per heavy atom. The average molecular weight is 246 g/mol. The number of ether oxygens (including phenoxy) is 1. The number of thiophene rings is 1. The van der Waals surface area contributed by atoms with Crippen molar-refractivity contribution in [3.8, 4) is 0 Å². The zero-order chi connectivity index (χ0) is 12.0. The summed E-state index contributed by atoms with van der Waals surface area (Å²) in [4.78, 5) is 12.1. The fourth-order valence-corrected chi connectivity index (χ4v) is 2.93. The maximum absolute atomic E-state index is 11.5. The normalized spacial score (nSPS) is 11.2. The van der Waals surface area contributed by atoms with E-state index in [1.807, 2.05) is 36.0 Å². The predicted octanol–water partition coefficient (Wildman–Crippen LogP) is 2.64. The average Bonchev–Trinajstić information content (AvgIpc) is 2.91. The van der Waals surface area contributed by atoms with Gasteiger partial charge in [0, 0.05) is 16.3 Å². The largest absolute Gasteiger partial charge is 0.465 e. The third kappa shape index (κ3) is 1.43. The highest BCUT2D eigenvalue weighted by molar-refractivity contribution is 7.20. The monoisotopic (exact) mass is 246 g/mol. The summed E-state index contributed by atoms with van der Waals surface area (Å²) in [6.45, 7) is 2.01. The highest BCUT2D eigenvalue weighted by Gasteiger charge is 2.13. The van der Waals surface area contributed by atoms with Crippen LogP contribution in [0.2, 0.25) is 0 Å². The first kappa shape index (κ1) is 10.3. The first-order valence-corrected chi connectivity index (χ1v) is 5.97. The van der Waals surface area contributed by atoms with Crippen LogP contribution in [0.5, 0.6) is 0 Å². The number of aryl methyl sites for hydroxylation is 1. The molecule has 3 aromatic rings. The van der Waals surface area contributed by atoms with Gasteiger partial charge in [0.2, 0.25) is 0 Å². The van der Waals surface area contributed by atoms with E-state index in [4.69, 9.17) is 4.74 Å². The smallest absolute Gasteiger partial charge is 0.348 e. The minimum Gasteiger partial charge on any atom is -0.465 e. The van der Waals surface area contributed by atoms with Gasteiger partial charge in [0.25, 0.3) is 0 Å². The van der Waals surface area contributed by atoms with Crippen molar-refractivity contribution in [1.82, 2.24) is 9.61 Å². The molecule has 0 atom stereocenters. The molecule has 0 saturated heterocycles. The zero-order valence-electron chi connectivity index (χ0n) is 9.43. The minimum absolute atomic E-state index is 0.290. The lowest BCUT2D eigenvalue weighted by Gasteiger charge is -1.95. The molecule has 0 bridgehead atoms. The van der Waals surface area contributed by atoms with E-state index in [-0.39, 0.29) is 5.97 Å². The third-order valence-electron chi connectivity index (χ3n) is 2.75. The number of fused-ring (bicyclic) bond motifs is 3. The Bertz CT molecular complexity index is 727. The van der Waals surface area contributed by atoms with Crippen LogP contribution < -0.4 is 0 Å². The fourth-order valence-electron chi connectivity index (χ4n) is 1.95. The van der Waals surface area contributed by atoms with E-state index in [0.717, 1.165) is 21.2 Å². The lowest BCUT2D eigenvalue weighted by atomic mass is 10.2. The number of pyridine rings is 1. The number of hydrogen-bond donors (Lipinski definition) is 0. The van der Waals surface area contributed by atoms with Crippen LogP contribution in [0.25, 0.3) is 15.6 Å². The molecule has 5 heteroatoms. The van der Waals surface area contributed by atoms with Gasteiger partial charge in [0.1, 0.15) is 4.88 Å². The molecule has 3 heterocycles. The van der Waals surface area contributed by atoms with Crippen molar-refractivity contribution in [2.45, 2.75) is 6.92 Å². The van der Waals surface area contributed by atoms with Crippen molar-refractivity contribution in [3.05, 3.63) is 35.0 Å². The van der Waals surface area contributed by atoms with Gasteiger partial charge in [-0.3, -0.25) is 0 Å². The van der Waals surface area contributed by atoms with E-state index < -0.39 is 0 Å². The lowest BCUT2D eigenvalue weighted by molar-refractivity contribution is 0.0606. The van der Waals surface area contributed by atoms with Crippen LogP contribution in [-0.4, -0.2) is 22.7 Å². The number of nitrogens with zero attached hydrogens (tertiary/aromatic N) is 2. The first-order chi connectivity index (χ1) is 8.20. The van der Waals surface area contributed by atoms with E-state index in [1.54, 1.807) is 0 Å². The minimum atomic E-state index is -0.290. The van der Waals surface area contributed by atoms with Crippen molar-refractivity contribution >= 4 is 32.9 Å². The van der Waals surface area contributed by atoms with E-state index >= 15 is 0 Å². The summed E-state index contributed by atoms with van der Waals surface area (Å²) >= 11 is 1.44. The predicted molar refractivity (Wildman–Crippen MR) is 66.7 cm³/mol. The molecule has 0 aliphatic heterocycles. The van der Waals surface area contributed by atoms with Crippen molar-refractivity contribution in [2.75, 3.05) is 7.11 Å². The van der Waals surface area contributed by atoms with Gasteiger partial charge < -0.3 is 4.74 Å². The van der Waals surface area contributed by atoms with Gasteiger partial charge in [0.05, 0.1) is 18.8 Å². The van der Waals surface area contributed by atoms with Gasteiger partial charge in [-0.1, -0.05) is 0 Å². The number of methoxy groups -OCH3 is 1. The molecule has 0 radical (unpaired) electrons. The van der Waals surface area contributed by atoms with Crippen molar-refractivity contribution in [3.63, 3.8) is 0 Å². The molecule has 0 N–H and O–H groups in total. The first-order valence-electron chi connectivity index (χ1n) is 5.15. The highest BCUT2D eigenvalue weighted by atomic mass is 32.1. The van der Waals surface area contributed by atoms with E-state index in [1.165, 1.54) is 18.4 Å². The summed E-state index contributed by atoms with van der Waals surface area (Å²) in [5.41, 5.74) is 2.15. The number of aromatic nitrogens is 2. The Hall–Kier alpha value is -1.88. The molecule has 3 rings (SSSR count). The quantitative estimate of drug-likeness (QED) is 0.620. The van der Waals surface area contributed by atoms with Gasteiger partial charge in [-0.05, 0) is 24.6 Å². The SMILES string of the molecule is COC(=O)c1cc2c(ccn3ncc(C)c23)s1. The zero-order valence-corrected chi connectivity index (χ0v) is 10.2. The van der Waals surface area contributed by atoms with Crippen LogP contribution >= 0.6 is 11.3 Å². The van der Waals surface area contributed by atoms with Crippen LogP contribution in [0.4, 0.5) is 0 Å². The topological polar surface area (TPSA) is 43.6 Å². The standard InChI is InChI=1S/C12H10N2O2S/c1-7-6-13-14-4-3-9-8(11(7)14)5-10(17-9)12(15)16-2/h3-6H,1-2H3. The maximum atomic E-state index is 11.5. The number of carbonyl (C=O) groups excluding carboxylic acids is 1. The molecule has 0 fully saturated rings. The molecule has 4 nitrogen and oxygen atoms in total. The number of carbonyl (C=O) groups is 1. The Kier molecular flexibility index (Phi) is 2.16. The van der Waals surface area contributed by atoms with Crippen molar-refractivity contribution in [1.29, 1.82) is 0 Å². The number of esters is 1. The Balaban J connectivity index is 2.38. The molecular weight excluding hydrogens is 236 g/mol. The summed E-state index contributed by atoms with van der Waals surface area (Å²) in [7, 11) is 1.40. The molecule has 3 aromatic heterocycles. The van der Waals surface area contributed by atoms with Crippen LogP contribution in [-0.2, 0) is 4.74 Å². The molecule has 17 heavy (non-hydrogen) atoms. The molecule has 0 aliphatic rings. The lowest BCUT2D eigenvalue weighted by Crippen LogP contribution is -1.96. The third-order valence-corrected chi connectivity index (χ3v) is 3.83. The van der Waals surface area contributed by atoms with Crippen molar-refractivity contribution < 1.29 is 9.53 Å². The fraction of sp³-hybridized carbons (Fsp3) is 0.167. The molecule has 0 amide bonds. The Morgan fingerprint density at radius 1 is 1.53 bits per heavy atom. The number of rotatable bonds is 1. The second kappa shape index (κ2) is 3.56. The summed E-state index contributed by atoms with van der Waals surface area (Å²) in [6, 6.07) is 3.84. The molecule has 0 aliphatic carbocycles. The molecule has 0 aromatic carbocycles. The van der Waals surface area contributed by atoms with Gasteiger partial charge in [-0.25, -0.2) is 9.31 Å². The van der Waals surface area contributed by atoms with Crippen LogP contribution in [0.3, 0.4) is 0 Å². The molecule has 86 valence electrons. The Morgan fingerprint density at radius 2 is 2.35 bits per heavy atom. The second-order valence-corrected chi connectivity index (χ2v) is 4.90. The maximum Gasteiger partial charge on any atom is 0.348 e. The van der Waals surface area contributed by atoms with Crippen LogP contribution in [0, 0.1) is 6.92 Å². The summed E-state index contributed by atoms with van der Waals surface area (Å²) in [5, 5.41) is 5.30. The highest BCUT2D eigenvalue weighted by Crippen LogP contribution is 2.30. The van der Waals surface area contributed by atoms with E-state index in [0.29, 0.717) is 4.88 Å². The molecule has 0 saturated carbocycles. The molecule has 0 unspecified atom stereocenters.